The molecule has 0 aromatic heterocycles. The van der Waals surface area contributed by atoms with E-state index in [1.54, 1.807) is 12.1 Å². The summed E-state index contributed by atoms with van der Waals surface area (Å²) >= 11 is 7.84. The Bertz CT molecular complexity index is 467. The molecule has 2 unspecified atom stereocenters. The van der Waals surface area contributed by atoms with E-state index in [0.29, 0.717) is 22.0 Å². The van der Waals surface area contributed by atoms with E-state index in [2.05, 4.69) is 12.2 Å². The lowest BCUT2D eigenvalue weighted by molar-refractivity contribution is 0.0698. The number of thioether (sulfide) groups is 1. The van der Waals surface area contributed by atoms with Gasteiger partial charge in [0, 0.05) is 22.0 Å². The smallest absolute Gasteiger partial charge is 0.337 e. The molecule has 19 heavy (non-hydrogen) atoms. The molecule has 1 aliphatic rings. The molecule has 1 saturated carbocycles. The summed E-state index contributed by atoms with van der Waals surface area (Å²) in [4.78, 5) is 11.2. The molecule has 1 fully saturated rings. The van der Waals surface area contributed by atoms with Gasteiger partial charge in [-0.3, -0.25) is 0 Å². The predicted octanol–water partition coefficient (Wildman–Crippen LogP) is 4.12. The van der Waals surface area contributed by atoms with Crippen molar-refractivity contribution in [2.24, 2.45) is 0 Å². The van der Waals surface area contributed by atoms with Crippen molar-refractivity contribution in [1.29, 1.82) is 0 Å². The normalized spacial score (nSPS) is 22.4. The van der Waals surface area contributed by atoms with Gasteiger partial charge in [0.25, 0.3) is 0 Å². The van der Waals surface area contributed by atoms with Crippen LogP contribution in [0.15, 0.2) is 18.2 Å². The van der Waals surface area contributed by atoms with Gasteiger partial charge in [0.2, 0.25) is 0 Å². The number of carboxylic acids is 1. The quantitative estimate of drug-likeness (QED) is 0.858. The van der Waals surface area contributed by atoms with Crippen LogP contribution in [0.3, 0.4) is 0 Å². The van der Waals surface area contributed by atoms with E-state index in [-0.39, 0.29) is 5.56 Å². The van der Waals surface area contributed by atoms with E-state index in [1.165, 1.54) is 12.5 Å². The van der Waals surface area contributed by atoms with E-state index >= 15 is 0 Å². The first kappa shape index (κ1) is 14.5. The molecule has 5 heteroatoms. The number of rotatable bonds is 5. The fourth-order valence-corrected chi connectivity index (χ4v) is 3.81. The number of carbonyl (C=O) groups is 1. The number of hydrogen-bond acceptors (Lipinski definition) is 3. The molecule has 3 nitrogen and oxygen atoms in total. The van der Waals surface area contributed by atoms with Crippen molar-refractivity contribution < 1.29 is 9.90 Å². The van der Waals surface area contributed by atoms with E-state index < -0.39 is 5.97 Å². The lowest BCUT2D eigenvalue weighted by Gasteiger charge is -2.16. The van der Waals surface area contributed by atoms with Gasteiger partial charge in [0.1, 0.15) is 0 Å². The third-order valence-corrected chi connectivity index (χ3v) is 4.83. The van der Waals surface area contributed by atoms with Crippen molar-refractivity contribution in [2.45, 2.75) is 37.5 Å². The Morgan fingerprint density at radius 2 is 2.32 bits per heavy atom. The lowest BCUT2D eigenvalue weighted by atomic mass is 10.1. The molecule has 1 aromatic carbocycles. The van der Waals surface area contributed by atoms with Gasteiger partial charge in [-0.15, -0.1) is 0 Å². The second-order valence-electron chi connectivity index (χ2n) is 4.73. The van der Waals surface area contributed by atoms with Gasteiger partial charge < -0.3 is 10.4 Å². The van der Waals surface area contributed by atoms with Crippen molar-refractivity contribution in [3.05, 3.63) is 28.8 Å². The molecular weight excluding hydrogens is 282 g/mol. The summed E-state index contributed by atoms with van der Waals surface area (Å²) in [5.74, 6) is 0.195. The number of benzene rings is 1. The average molecular weight is 300 g/mol. The van der Waals surface area contributed by atoms with Crippen LogP contribution in [-0.4, -0.2) is 28.1 Å². The fourth-order valence-electron chi connectivity index (χ4n) is 2.50. The molecule has 0 aliphatic heterocycles. The summed E-state index contributed by atoms with van der Waals surface area (Å²) in [7, 11) is 0. The highest BCUT2D eigenvalue weighted by atomic mass is 35.5. The first-order chi connectivity index (χ1) is 9.10. The third-order valence-electron chi connectivity index (χ3n) is 3.36. The Kier molecular flexibility index (Phi) is 4.99. The van der Waals surface area contributed by atoms with E-state index in [4.69, 9.17) is 11.6 Å². The van der Waals surface area contributed by atoms with Crippen LogP contribution in [0.25, 0.3) is 0 Å². The number of hydrogen-bond donors (Lipinski definition) is 2. The Morgan fingerprint density at radius 1 is 1.53 bits per heavy atom. The van der Waals surface area contributed by atoms with Crippen molar-refractivity contribution >= 4 is 35.0 Å². The summed E-state index contributed by atoms with van der Waals surface area (Å²) in [6.45, 7) is 2.17. The molecule has 2 N–H and O–H groups in total. The minimum absolute atomic E-state index is 0.249. The standard InChI is InChI=1S/C14H18ClNO2S/c1-2-19-11-5-4-10(8-11)16-13-6-3-9(15)7-12(13)14(17)18/h3,6-7,10-11,16H,2,4-5,8H2,1H3,(H,17,18). The van der Waals surface area contributed by atoms with Crippen LogP contribution in [-0.2, 0) is 0 Å². The first-order valence-corrected chi connectivity index (χ1v) is 7.93. The second-order valence-corrected chi connectivity index (χ2v) is 6.74. The zero-order valence-corrected chi connectivity index (χ0v) is 12.4. The summed E-state index contributed by atoms with van der Waals surface area (Å²) in [5, 5.41) is 13.7. The summed E-state index contributed by atoms with van der Waals surface area (Å²) < 4.78 is 0. The number of aromatic carboxylic acids is 1. The number of carboxylic acid groups (broad SMARTS) is 1. The van der Waals surface area contributed by atoms with Crippen LogP contribution in [0.4, 0.5) is 5.69 Å². The first-order valence-electron chi connectivity index (χ1n) is 6.51. The zero-order chi connectivity index (χ0) is 13.8. The lowest BCUT2D eigenvalue weighted by Crippen LogP contribution is -2.18. The minimum Gasteiger partial charge on any atom is -0.478 e. The molecule has 2 rings (SSSR count). The highest BCUT2D eigenvalue weighted by Gasteiger charge is 2.25. The van der Waals surface area contributed by atoms with E-state index in [9.17, 15) is 9.90 Å². The summed E-state index contributed by atoms with van der Waals surface area (Å²) in [6.07, 6.45) is 3.39. The highest BCUT2D eigenvalue weighted by Crippen LogP contribution is 2.32. The average Bonchev–Trinajstić information content (AvgIpc) is 2.79. The molecular formula is C14H18ClNO2S. The van der Waals surface area contributed by atoms with Gasteiger partial charge in [-0.05, 0) is 43.2 Å². The molecule has 0 radical (unpaired) electrons. The molecule has 0 spiro atoms. The molecule has 0 saturated heterocycles. The van der Waals surface area contributed by atoms with Crippen LogP contribution in [0.1, 0.15) is 36.5 Å². The second kappa shape index (κ2) is 6.53. The monoisotopic (exact) mass is 299 g/mol. The maximum atomic E-state index is 11.2. The van der Waals surface area contributed by atoms with E-state index in [1.807, 2.05) is 11.8 Å². The molecule has 0 amide bonds. The maximum absolute atomic E-state index is 11.2. The fraction of sp³-hybridized carbons (Fsp3) is 0.500. The Balaban J connectivity index is 2.05. The van der Waals surface area contributed by atoms with Gasteiger partial charge in [0.15, 0.2) is 0 Å². The Morgan fingerprint density at radius 3 is 3.00 bits per heavy atom. The molecule has 2 atom stereocenters. The van der Waals surface area contributed by atoms with Crippen LogP contribution in [0, 0.1) is 0 Å². The SMILES string of the molecule is CCSC1CCC(Nc2ccc(Cl)cc2C(=O)O)C1. The van der Waals surface area contributed by atoms with Gasteiger partial charge in [-0.2, -0.15) is 11.8 Å². The van der Waals surface area contributed by atoms with Crippen molar-refractivity contribution in [3.63, 3.8) is 0 Å². The summed E-state index contributed by atoms with van der Waals surface area (Å²) in [5.41, 5.74) is 0.920. The largest absolute Gasteiger partial charge is 0.478 e. The molecule has 0 heterocycles. The Labute approximate surface area is 122 Å². The third kappa shape index (κ3) is 3.80. The van der Waals surface area contributed by atoms with Crippen molar-refractivity contribution in [3.8, 4) is 0 Å². The number of anilines is 1. The van der Waals surface area contributed by atoms with Crippen LogP contribution < -0.4 is 5.32 Å². The molecule has 0 bridgehead atoms. The predicted molar refractivity (Wildman–Crippen MR) is 81.6 cm³/mol. The topological polar surface area (TPSA) is 49.3 Å². The summed E-state index contributed by atoms with van der Waals surface area (Å²) in [6, 6.07) is 5.35. The van der Waals surface area contributed by atoms with Crippen LogP contribution in [0.5, 0.6) is 0 Å². The molecule has 1 aromatic rings. The molecule has 104 valence electrons. The van der Waals surface area contributed by atoms with Gasteiger partial charge in [-0.1, -0.05) is 18.5 Å². The highest BCUT2D eigenvalue weighted by molar-refractivity contribution is 7.99. The van der Waals surface area contributed by atoms with Gasteiger partial charge >= 0.3 is 5.97 Å². The molecule has 1 aliphatic carbocycles. The number of halogens is 1. The maximum Gasteiger partial charge on any atom is 0.337 e. The van der Waals surface area contributed by atoms with Crippen molar-refractivity contribution in [1.82, 2.24) is 0 Å². The van der Waals surface area contributed by atoms with E-state index in [0.717, 1.165) is 18.6 Å². The van der Waals surface area contributed by atoms with Gasteiger partial charge in [-0.25, -0.2) is 4.79 Å². The van der Waals surface area contributed by atoms with Gasteiger partial charge in [0.05, 0.1) is 5.56 Å². The minimum atomic E-state index is -0.942. The number of nitrogens with one attached hydrogen (secondary N) is 1. The Hall–Kier alpha value is -0.870. The van der Waals surface area contributed by atoms with Crippen LogP contribution in [0.2, 0.25) is 5.02 Å². The van der Waals surface area contributed by atoms with Crippen molar-refractivity contribution in [2.75, 3.05) is 11.1 Å². The zero-order valence-electron chi connectivity index (χ0n) is 10.9. The van der Waals surface area contributed by atoms with Crippen LogP contribution >= 0.6 is 23.4 Å².